The lowest BCUT2D eigenvalue weighted by molar-refractivity contribution is 0.0993. The molecule has 2 rings (SSSR count). The Bertz CT molecular complexity index is 363. The second-order valence-corrected chi connectivity index (χ2v) is 3.91. The molecule has 3 heteroatoms. The van der Waals surface area contributed by atoms with Gasteiger partial charge in [0.05, 0.1) is 11.3 Å². The van der Waals surface area contributed by atoms with E-state index in [1.165, 1.54) is 0 Å². The van der Waals surface area contributed by atoms with Gasteiger partial charge < -0.3 is 0 Å². The largest absolute Gasteiger partial charge is 0.294 e. The minimum atomic E-state index is 0.270. The molecule has 70 valence electrons. The molecule has 0 fully saturated rings. The van der Waals surface area contributed by atoms with E-state index in [-0.39, 0.29) is 5.78 Å². The van der Waals surface area contributed by atoms with Crippen molar-refractivity contribution < 1.29 is 4.79 Å². The Labute approximate surface area is 77.7 Å². The van der Waals surface area contributed by atoms with Crippen molar-refractivity contribution in [3.05, 3.63) is 17.0 Å². The van der Waals surface area contributed by atoms with Gasteiger partial charge in [0.15, 0.2) is 5.78 Å². The summed E-state index contributed by atoms with van der Waals surface area (Å²) >= 11 is 0. The Morgan fingerprint density at radius 3 is 2.69 bits per heavy atom. The van der Waals surface area contributed by atoms with Crippen LogP contribution in [0.3, 0.4) is 0 Å². The Morgan fingerprint density at radius 2 is 2.08 bits per heavy atom. The third-order valence-corrected chi connectivity index (χ3v) is 2.61. The maximum Gasteiger partial charge on any atom is 0.166 e. The fourth-order valence-electron chi connectivity index (χ4n) is 1.93. The molecule has 0 spiro atoms. The smallest absolute Gasteiger partial charge is 0.166 e. The molecule has 0 unspecified atom stereocenters. The van der Waals surface area contributed by atoms with Gasteiger partial charge >= 0.3 is 0 Å². The van der Waals surface area contributed by atoms with E-state index in [9.17, 15) is 4.79 Å². The molecular formula is C10H14N2O. The molecule has 0 amide bonds. The number of aryl methyl sites for hydroxylation is 1. The molecule has 0 saturated carbocycles. The van der Waals surface area contributed by atoms with E-state index in [0.29, 0.717) is 12.3 Å². The van der Waals surface area contributed by atoms with Gasteiger partial charge in [0.1, 0.15) is 0 Å². The first kappa shape index (κ1) is 8.48. The normalized spacial score (nSPS) is 15.5. The molecular weight excluding hydrogens is 164 g/mol. The van der Waals surface area contributed by atoms with E-state index in [0.717, 1.165) is 23.4 Å². The molecule has 1 aromatic rings. The lowest BCUT2D eigenvalue weighted by atomic mass is 10.0. The topological polar surface area (TPSA) is 34.9 Å². The molecule has 0 radical (unpaired) electrons. The van der Waals surface area contributed by atoms with Crippen LogP contribution in [0, 0.1) is 0 Å². The summed E-state index contributed by atoms with van der Waals surface area (Å²) in [5.74, 6) is 0.615. The molecule has 1 heterocycles. The molecule has 0 N–H and O–H groups in total. The van der Waals surface area contributed by atoms with Crippen LogP contribution in [0.25, 0.3) is 0 Å². The molecule has 0 bridgehead atoms. The maximum absolute atomic E-state index is 11.6. The van der Waals surface area contributed by atoms with Crippen LogP contribution in [0.4, 0.5) is 0 Å². The highest BCUT2D eigenvalue weighted by atomic mass is 16.1. The summed E-state index contributed by atoms with van der Waals surface area (Å²) in [7, 11) is 1.92. The van der Waals surface area contributed by atoms with Gasteiger partial charge in [-0.1, -0.05) is 13.8 Å². The highest BCUT2D eigenvalue weighted by Gasteiger charge is 2.28. The summed E-state index contributed by atoms with van der Waals surface area (Å²) in [5.41, 5.74) is 2.99. The first-order chi connectivity index (χ1) is 6.11. The van der Waals surface area contributed by atoms with Crippen LogP contribution in [-0.2, 0) is 13.5 Å². The number of rotatable bonds is 1. The van der Waals surface area contributed by atoms with Gasteiger partial charge in [0.2, 0.25) is 0 Å². The minimum Gasteiger partial charge on any atom is -0.294 e. The third-order valence-electron chi connectivity index (χ3n) is 2.61. The van der Waals surface area contributed by atoms with Crippen LogP contribution < -0.4 is 0 Å². The van der Waals surface area contributed by atoms with E-state index < -0.39 is 0 Å². The lowest BCUT2D eigenvalue weighted by Crippen LogP contribution is -2.00. The van der Waals surface area contributed by atoms with Crippen LogP contribution >= 0.6 is 0 Å². The number of carbonyl (C=O) groups excluding carboxylic acids is 1. The molecule has 0 atom stereocenters. The van der Waals surface area contributed by atoms with Gasteiger partial charge in [-0.3, -0.25) is 9.48 Å². The van der Waals surface area contributed by atoms with E-state index >= 15 is 0 Å². The van der Waals surface area contributed by atoms with E-state index in [1.54, 1.807) is 0 Å². The van der Waals surface area contributed by atoms with Gasteiger partial charge in [-0.05, 0) is 12.3 Å². The number of hydrogen-bond donors (Lipinski definition) is 0. The SMILES string of the molecule is CC(C)c1nn(C)c2c1C(=O)CC2. The number of carbonyl (C=O) groups is 1. The third kappa shape index (κ3) is 1.10. The summed E-state index contributed by atoms with van der Waals surface area (Å²) < 4.78 is 1.86. The summed E-state index contributed by atoms with van der Waals surface area (Å²) in [6, 6.07) is 0. The van der Waals surface area contributed by atoms with E-state index in [1.807, 2.05) is 11.7 Å². The first-order valence-corrected chi connectivity index (χ1v) is 4.70. The fourth-order valence-corrected chi connectivity index (χ4v) is 1.93. The molecule has 3 nitrogen and oxygen atoms in total. The Hall–Kier alpha value is -1.12. The summed E-state index contributed by atoms with van der Waals surface area (Å²) in [6.07, 6.45) is 1.53. The number of hydrogen-bond acceptors (Lipinski definition) is 2. The van der Waals surface area contributed by atoms with Gasteiger partial charge in [-0.15, -0.1) is 0 Å². The molecule has 13 heavy (non-hydrogen) atoms. The zero-order valence-corrected chi connectivity index (χ0v) is 8.29. The van der Waals surface area contributed by atoms with Crippen molar-refractivity contribution in [2.24, 2.45) is 7.05 Å². The Kier molecular flexibility index (Phi) is 1.75. The van der Waals surface area contributed by atoms with Crippen molar-refractivity contribution in [3.63, 3.8) is 0 Å². The zero-order valence-electron chi connectivity index (χ0n) is 8.29. The summed E-state index contributed by atoms with van der Waals surface area (Å²) in [5, 5.41) is 4.38. The molecule has 1 aliphatic carbocycles. The zero-order chi connectivity index (χ0) is 9.59. The van der Waals surface area contributed by atoms with Crippen LogP contribution in [0.1, 0.15) is 47.9 Å². The van der Waals surface area contributed by atoms with E-state index in [4.69, 9.17) is 0 Å². The summed E-state index contributed by atoms with van der Waals surface area (Å²) in [6.45, 7) is 4.16. The van der Waals surface area contributed by atoms with Crippen LogP contribution in [-0.4, -0.2) is 15.6 Å². The Morgan fingerprint density at radius 1 is 1.38 bits per heavy atom. The quantitative estimate of drug-likeness (QED) is 0.655. The van der Waals surface area contributed by atoms with Gasteiger partial charge in [0, 0.05) is 19.2 Å². The van der Waals surface area contributed by atoms with Gasteiger partial charge in [-0.25, -0.2) is 0 Å². The molecule has 1 aromatic heterocycles. The second kappa shape index (κ2) is 2.69. The minimum absolute atomic E-state index is 0.270. The second-order valence-electron chi connectivity index (χ2n) is 3.91. The predicted molar refractivity (Wildman–Crippen MR) is 49.9 cm³/mol. The first-order valence-electron chi connectivity index (χ1n) is 4.70. The number of Topliss-reactive ketones (excluding diaryl/α,β-unsaturated/α-hetero) is 1. The highest BCUT2D eigenvalue weighted by Crippen LogP contribution is 2.28. The predicted octanol–water partition coefficient (Wildman–Crippen LogP) is 1.67. The van der Waals surface area contributed by atoms with Gasteiger partial charge in [0.25, 0.3) is 0 Å². The average Bonchev–Trinajstić information content (AvgIpc) is 2.55. The number of ketones is 1. The number of fused-ring (bicyclic) bond motifs is 1. The van der Waals surface area contributed by atoms with Crippen molar-refractivity contribution >= 4 is 5.78 Å². The molecule has 0 aliphatic heterocycles. The molecule has 0 saturated heterocycles. The van der Waals surface area contributed by atoms with Crippen LogP contribution in [0.2, 0.25) is 0 Å². The highest BCUT2D eigenvalue weighted by molar-refractivity contribution is 6.01. The number of aromatic nitrogens is 2. The van der Waals surface area contributed by atoms with Crippen molar-refractivity contribution in [2.75, 3.05) is 0 Å². The van der Waals surface area contributed by atoms with Crippen LogP contribution in [0.15, 0.2) is 0 Å². The number of nitrogens with zero attached hydrogens (tertiary/aromatic N) is 2. The van der Waals surface area contributed by atoms with Crippen molar-refractivity contribution in [2.45, 2.75) is 32.6 Å². The standard InChI is InChI=1S/C10H14N2O/c1-6(2)10-9-7(12(3)11-10)4-5-8(9)13/h6H,4-5H2,1-3H3. The fraction of sp³-hybridized carbons (Fsp3) is 0.600. The molecule has 1 aliphatic rings. The maximum atomic E-state index is 11.6. The average molecular weight is 178 g/mol. The lowest BCUT2D eigenvalue weighted by Gasteiger charge is -2.00. The van der Waals surface area contributed by atoms with Gasteiger partial charge in [-0.2, -0.15) is 5.10 Å². The van der Waals surface area contributed by atoms with Crippen molar-refractivity contribution in [1.82, 2.24) is 9.78 Å². The van der Waals surface area contributed by atoms with Crippen molar-refractivity contribution in [3.8, 4) is 0 Å². The Balaban J connectivity index is 2.61. The van der Waals surface area contributed by atoms with Crippen LogP contribution in [0.5, 0.6) is 0 Å². The monoisotopic (exact) mass is 178 g/mol. The summed E-state index contributed by atoms with van der Waals surface area (Å²) in [4.78, 5) is 11.6. The van der Waals surface area contributed by atoms with E-state index in [2.05, 4.69) is 18.9 Å². The van der Waals surface area contributed by atoms with Crippen molar-refractivity contribution in [1.29, 1.82) is 0 Å². The molecule has 0 aromatic carbocycles.